The molecule has 2 rings (SSSR count). The van der Waals surface area contributed by atoms with Gasteiger partial charge in [0.1, 0.15) is 11.4 Å². The first kappa shape index (κ1) is 23.5. The standard InChI is InChI=1S/C18H30N4O4.HI/c1-4-19-16(20-13-18(3,24)15-7-6-12-26-15)21-14-8-10-22(11-9-14)17(23)25-5-2;/h6-7,12,14,24H,4-5,8-11,13H2,1-3H3,(H2,19,20,21);1H. The third kappa shape index (κ3) is 7.21. The molecule has 0 radical (unpaired) electrons. The number of nitrogens with zero attached hydrogens (tertiary/aromatic N) is 2. The lowest BCUT2D eigenvalue weighted by atomic mass is 10.0. The molecule has 1 aliphatic rings. The van der Waals surface area contributed by atoms with Gasteiger partial charge >= 0.3 is 6.09 Å². The van der Waals surface area contributed by atoms with Gasteiger partial charge in [0, 0.05) is 25.7 Å². The molecule has 9 heteroatoms. The van der Waals surface area contributed by atoms with Gasteiger partial charge in [-0.15, -0.1) is 24.0 Å². The zero-order chi connectivity index (χ0) is 19.0. The molecule has 1 amide bonds. The zero-order valence-electron chi connectivity index (χ0n) is 16.2. The predicted octanol–water partition coefficient (Wildman–Crippen LogP) is 2.28. The lowest BCUT2D eigenvalue weighted by molar-refractivity contribution is 0.0436. The molecule has 0 bridgehead atoms. The van der Waals surface area contributed by atoms with Crippen LogP contribution in [0.5, 0.6) is 0 Å². The van der Waals surface area contributed by atoms with Gasteiger partial charge in [-0.3, -0.25) is 0 Å². The van der Waals surface area contributed by atoms with Crippen LogP contribution in [0.3, 0.4) is 0 Å². The number of guanidine groups is 1. The van der Waals surface area contributed by atoms with Crippen molar-refractivity contribution in [3.63, 3.8) is 0 Å². The fourth-order valence-electron chi connectivity index (χ4n) is 2.83. The van der Waals surface area contributed by atoms with Crippen LogP contribution in [0.4, 0.5) is 4.79 Å². The van der Waals surface area contributed by atoms with Crippen LogP contribution in [0.15, 0.2) is 27.8 Å². The zero-order valence-corrected chi connectivity index (χ0v) is 18.6. The third-order valence-electron chi connectivity index (χ3n) is 4.30. The summed E-state index contributed by atoms with van der Waals surface area (Å²) in [5.41, 5.74) is -1.17. The molecular formula is C18H31IN4O4. The molecule has 27 heavy (non-hydrogen) atoms. The van der Waals surface area contributed by atoms with Crippen LogP contribution in [0.25, 0.3) is 0 Å². The SMILES string of the molecule is CCNC(=NCC(C)(O)c1ccco1)NC1CCN(C(=O)OCC)CC1.I. The van der Waals surface area contributed by atoms with E-state index < -0.39 is 5.60 Å². The molecule has 1 atom stereocenters. The maximum Gasteiger partial charge on any atom is 0.409 e. The first-order valence-corrected chi connectivity index (χ1v) is 9.19. The van der Waals surface area contributed by atoms with Crippen LogP contribution in [0.1, 0.15) is 39.4 Å². The minimum absolute atomic E-state index is 0. The van der Waals surface area contributed by atoms with Crippen LogP contribution in [-0.4, -0.2) is 60.9 Å². The van der Waals surface area contributed by atoms with Crippen molar-refractivity contribution < 1.29 is 19.1 Å². The van der Waals surface area contributed by atoms with Gasteiger partial charge in [0.25, 0.3) is 0 Å². The van der Waals surface area contributed by atoms with Crippen LogP contribution >= 0.6 is 24.0 Å². The summed E-state index contributed by atoms with van der Waals surface area (Å²) in [6, 6.07) is 3.70. The highest BCUT2D eigenvalue weighted by atomic mass is 127. The molecule has 0 spiro atoms. The molecule has 1 saturated heterocycles. The molecule has 1 aromatic heterocycles. The second-order valence-corrected chi connectivity index (χ2v) is 6.55. The highest BCUT2D eigenvalue weighted by molar-refractivity contribution is 14.0. The number of aliphatic imine (C=N–C) groups is 1. The van der Waals surface area contributed by atoms with Crippen LogP contribution in [0.2, 0.25) is 0 Å². The van der Waals surface area contributed by atoms with E-state index in [1.54, 1.807) is 24.0 Å². The summed E-state index contributed by atoms with van der Waals surface area (Å²) >= 11 is 0. The maximum absolute atomic E-state index is 11.8. The molecule has 8 nitrogen and oxygen atoms in total. The largest absolute Gasteiger partial charge is 0.466 e. The van der Waals surface area contributed by atoms with E-state index in [9.17, 15) is 9.90 Å². The number of amides is 1. The Balaban J connectivity index is 0.00000364. The summed E-state index contributed by atoms with van der Waals surface area (Å²) in [6.07, 6.45) is 2.92. The number of hydrogen-bond donors (Lipinski definition) is 3. The van der Waals surface area contributed by atoms with E-state index in [2.05, 4.69) is 15.6 Å². The van der Waals surface area contributed by atoms with Gasteiger partial charge in [-0.05, 0) is 45.7 Å². The van der Waals surface area contributed by atoms with E-state index >= 15 is 0 Å². The molecule has 1 aromatic rings. The number of ether oxygens (including phenoxy) is 1. The fraction of sp³-hybridized carbons (Fsp3) is 0.667. The summed E-state index contributed by atoms with van der Waals surface area (Å²) in [7, 11) is 0. The molecule has 3 N–H and O–H groups in total. The Morgan fingerprint density at radius 2 is 2.15 bits per heavy atom. The predicted molar refractivity (Wildman–Crippen MR) is 114 cm³/mol. The number of aliphatic hydroxyl groups is 1. The third-order valence-corrected chi connectivity index (χ3v) is 4.30. The number of piperidine rings is 1. The lowest BCUT2D eigenvalue weighted by Gasteiger charge is -2.32. The highest BCUT2D eigenvalue weighted by Gasteiger charge is 2.27. The average Bonchev–Trinajstić information content (AvgIpc) is 3.16. The number of carbonyl (C=O) groups is 1. The second-order valence-electron chi connectivity index (χ2n) is 6.55. The summed E-state index contributed by atoms with van der Waals surface area (Å²) in [4.78, 5) is 18.0. The summed E-state index contributed by atoms with van der Waals surface area (Å²) in [5.74, 6) is 1.13. The molecule has 0 saturated carbocycles. The van der Waals surface area contributed by atoms with Gasteiger partial charge < -0.3 is 29.8 Å². The van der Waals surface area contributed by atoms with Crippen molar-refractivity contribution >= 4 is 36.0 Å². The molecule has 154 valence electrons. The molecule has 0 aromatic carbocycles. The van der Waals surface area contributed by atoms with Crippen LogP contribution in [-0.2, 0) is 10.3 Å². The van der Waals surface area contributed by atoms with E-state index in [0.717, 1.165) is 19.4 Å². The fourth-order valence-corrected chi connectivity index (χ4v) is 2.83. The Morgan fingerprint density at radius 3 is 2.70 bits per heavy atom. The first-order valence-electron chi connectivity index (χ1n) is 9.19. The molecular weight excluding hydrogens is 463 g/mol. The number of carbonyl (C=O) groups excluding carboxylic acids is 1. The van der Waals surface area contributed by atoms with Crippen LogP contribution < -0.4 is 10.6 Å². The van der Waals surface area contributed by atoms with Gasteiger partial charge in [0.05, 0.1) is 19.4 Å². The van der Waals surface area contributed by atoms with Gasteiger partial charge in [-0.2, -0.15) is 0 Å². The number of hydrogen-bond acceptors (Lipinski definition) is 5. The highest BCUT2D eigenvalue weighted by Crippen LogP contribution is 2.21. The Labute approximate surface area is 177 Å². The summed E-state index contributed by atoms with van der Waals surface area (Å²) in [6.45, 7) is 8.07. The van der Waals surface area contributed by atoms with E-state index in [0.29, 0.717) is 31.4 Å². The molecule has 1 unspecified atom stereocenters. The van der Waals surface area contributed by atoms with Crippen LogP contribution in [0, 0.1) is 0 Å². The molecule has 1 aliphatic heterocycles. The molecule has 2 heterocycles. The van der Waals surface area contributed by atoms with E-state index in [-0.39, 0.29) is 42.7 Å². The van der Waals surface area contributed by atoms with Crippen molar-refractivity contribution in [2.24, 2.45) is 4.99 Å². The summed E-state index contributed by atoms with van der Waals surface area (Å²) in [5, 5.41) is 17.1. The Bertz CT molecular complexity index is 584. The topological polar surface area (TPSA) is 99.3 Å². The van der Waals surface area contributed by atoms with Gasteiger partial charge in [-0.25, -0.2) is 9.79 Å². The van der Waals surface area contributed by atoms with Gasteiger partial charge in [0.15, 0.2) is 5.96 Å². The Hall–Kier alpha value is -1.49. The summed E-state index contributed by atoms with van der Waals surface area (Å²) < 4.78 is 10.3. The minimum Gasteiger partial charge on any atom is -0.466 e. The average molecular weight is 494 g/mol. The lowest BCUT2D eigenvalue weighted by Crippen LogP contribution is -2.50. The normalized spacial score (nSPS) is 17.6. The van der Waals surface area contributed by atoms with E-state index in [1.165, 1.54) is 6.26 Å². The van der Waals surface area contributed by atoms with Crippen molar-refractivity contribution in [3.8, 4) is 0 Å². The number of nitrogens with one attached hydrogen (secondary N) is 2. The van der Waals surface area contributed by atoms with Crippen molar-refractivity contribution in [1.29, 1.82) is 0 Å². The maximum atomic E-state index is 11.8. The molecule has 0 aliphatic carbocycles. The van der Waals surface area contributed by atoms with E-state index in [4.69, 9.17) is 9.15 Å². The second kappa shape index (κ2) is 11.4. The monoisotopic (exact) mass is 494 g/mol. The smallest absolute Gasteiger partial charge is 0.409 e. The van der Waals surface area contributed by atoms with Gasteiger partial charge in [0.2, 0.25) is 0 Å². The van der Waals surface area contributed by atoms with Crippen molar-refractivity contribution in [2.75, 3.05) is 32.8 Å². The minimum atomic E-state index is -1.17. The van der Waals surface area contributed by atoms with Crippen molar-refractivity contribution in [3.05, 3.63) is 24.2 Å². The number of furan rings is 1. The van der Waals surface area contributed by atoms with Crippen molar-refractivity contribution in [1.82, 2.24) is 15.5 Å². The quantitative estimate of drug-likeness (QED) is 0.319. The molecule has 1 fully saturated rings. The Morgan fingerprint density at radius 1 is 1.44 bits per heavy atom. The Kier molecular flexibility index (Phi) is 9.92. The number of halogens is 1. The number of rotatable bonds is 6. The van der Waals surface area contributed by atoms with Gasteiger partial charge in [-0.1, -0.05) is 0 Å². The van der Waals surface area contributed by atoms with Crippen molar-refractivity contribution in [2.45, 2.75) is 45.3 Å². The number of likely N-dealkylation sites (tertiary alicyclic amines) is 1. The first-order chi connectivity index (χ1) is 12.5. The van der Waals surface area contributed by atoms with E-state index in [1.807, 2.05) is 13.8 Å².